The maximum absolute atomic E-state index is 13.4. The third-order valence-corrected chi connectivity index (χ3v) is 6.62. The number of rotatable bonds is 4. The molecule has 1 saturated heterocycles. The summed E-state index contributed by atoms with van der Waals surface area (Å²) in [5.41, 5.74) is 4.27. The number of likely N-dealkylation sites (tertiary alicyclic amines) is 1. The van der Waals surface area contributed by atoms with Crippen molar-refractivity contribution < 1.29 is 14.3 Å². The highest BCUT2D eigenvalue weighted by Gasteiger charge is 2.34. The highest BCUT2D eigenvalue weighted by molar-refractivity contribution is 5.94. The fourth-order valence-corrected chi connectivity index (χ4v) is 4.49. The van der Waals surface area contributed by atoms with E-state index >= 15 is 0 Å². The molecule has 1 fully saturated rings. The molecule has 0 aromatic heterocycles. The number of anilines is 1. The van der Waals surface area contributed by atoms with Crippen molar-refractivity contribution in [2.75, 3.05) is 24.5 Å². The number of ether oxygens (including phenoxy) is 1. The van der Waals surface area contributed by atoms with Gasteiger partial charge in [-0.2, -0.15) is 0 Å². The molecule has 2 aromatic carbocycles. The van der Waals surface area contributed by atoms with E-state index in [1.807, 2.05) is 53.1 Å². The molecule has 1 atom stereocenters. The fraction of sp³-hybridized carbons (Fsp3) is 0.462. The first-order valence-electron chi connectivity index (χ1n) is 11.6. The van der Waals surface area contributed by atoms with E-state index in [1.165, 1.54) is 5.56 Å². The van der Waals surface area contributed by atoms with E-state index < -0.39 is 0 Å². The predicted molar refractivity (Wildman–Crippen MR) is 126 cm³/mol. The molecule has 0 saturated carbocycles. The largest absolute Gasteiger partial charge is 0.486 e. The molecule has 1 N–H and O–H groups in total. The number of fused-ring (bicyclic) bond motifs is 1. The Kier molecular flexibility index (Phi) is 6.68. The molecule has 2 aliphatic rings. The second-order valence-electron chi connectivity index (χ2n) is 8.92. The summed E-state index contributed by atoms with van der Waals surface area (Å²) in [6.45, 7) is 8.45. The van der Waals surface area contributed by atoms with E-state index in [-0.39, 0.29) is 24.0 Å². The molecule has 32 heavy (non-hydrogen) atoms. The van der Waals surface area contributed by atoms with Gasteiger partial charge in [-0.25, -0.2) is 4.79 Å². The van der Waals surface area contributed by atoms with Crippen molar-refractivity contribution in [1.29, 1.82) is 0 Å². The number of amides is 3. The number of carbonyl (C=O) groups excluding carboxylic acids is 2. The van der Waals surface area contributed by atoms with Crippen LogP contribution < -0.4 is 15.0 Å². The van der Waals surface area contributed by atoms with E-state index in [2.05, 4.69) is 25.2 Å². The first-order chi connectivity index (χ1) is 15.5. The molecule has 0 aliphatic carbocycles. The van der Waals surface area contributed by atoms with Gasteiger partial charge in [0.25, 0.3) is 0 Å². The zero-order valence-corrected chi connectivity index (χ0v) is 19.3. The molecular formula is C26H33N3O3. The molecule has 0 radical (unpaired) electrons. The number of hydrogen-bond acceptors (Lipinski definition) is 3. The summed E-state index contributed by atoms with van der Waals surface area (Å²) in [7, 11) is 0. The highest BCUT2D eigenvalue weighted by atomic mass is 16.5. The molecule has 2 aromatic rings. The van der Waals surface area contributed by atoms with Crippen LogP contribution in [0.3, 0.4) is 0 Å². The zero-order chi connectivity index (χ0) is 22.7. The SMILES string of the molecule is CCC1CN(C(=O)N2CCC(C(=O)NCc3ccccc3C)CC2)c2cc(C)ccc2O1. The number of aryl methyl sites for hydroxylation is 2. The van der Waals surface area contributed by atoms with Gasteiger partial charge in [0.05, 0.1) is 12.2 Å². The highest BCUT2D eigenvalue weighted by Crippen LogP contribution is 2.36. The number of urea groups is 1. The van der Waals surface area contributed by atoms with Crippen LogP contribution in [0.25, 0.3) is 0 Å². The summed E-state index contributed by atoms with van der Waals surface area (Å²) >= 11 is 0. The number of carbonyl (C=O) groups is 2. The van der Waals surface area contributed by atoms with E-state index in [4.69, 9.17) is 4.74 Å². The van der Waals surface area contributed by atoms with Crippen LogP contribution in [0.5, 0.6) is 5.75 Å². The molecule has 170 valence electrons. The average Bonchev–Trinajstić information content (AvgIpc) is 2.82. The van der Waals surface area contributed by atoms with E-state index in [1.54, 1.807) is 0 Å². The Bertz CT molecular complexity index is 982. The van der Waals surface area contributed by atoms with Gasteiger partial charge in [0, 0.05) is 25.6 Å². The van der Waals surface area contributed by atoms with Crippen LogP contribution in [-0.2, 0) is 11.3 Å². The van der Waals surface area contributed by atoms with Crippen LogP contribution in [0.1, 0.15) is 42.9 Å². The monoisotopic (exact) mass is 435 g/mol. The topological polar surface area (TPSA) is 61.9 Å². The maximum atomic E-state index is 13.4. The number of benzene rings is 2. The maximum Gasteiger partial charge on any atom is 0.324 e. The Balaban J connectivity index is 1.36. The lowest BCUT2D eigenvalue weighted by molar-refractivity contribution is -0.126. The van der Waals surface area contributed by atoms with Crippen molar-refractivity contribution >= 4 is 17.6 Å². The van der Waals surface area contributed by atoms with Crippen molar-refractivity contribution in [2.24, 2.45) is 5.92 Å². The third kappa shape index (κ3) is 4.74. The first kappa shape index (κ1) is 22.2. The van der Waals surface area contributed by atoms with Gasteiger partial charge in [-0.3, -0.25) is 9.69 Å². The van der Waals surface area contributed by atoms with Gasteiger partial charge in [-0.15, -0.1) is 0 Å². The third-order valence-electron chi connectivity index (χ3n) is 6.62. The summed E-state index contributed by atoms with van der Waals surface area (Å²) in [5.74, 6) is 0.803. The summed E-state index contributed by atoms with van der Waals surface area (Å²) < 4.78 is 6.06. The van der Waals surface area contributed by atoms with Gasteiger partial charge in [-0.1, -0.05) is 37.3 Å². The van der Waals surface area contributed by atoms with Crippen molar-refractivity contribution in [3.63, 3.8) is 0 Å². The molecular weight excluding hydrogens is 402 g/mol. The summed E-state index contributed by atoms with van der Waals surface area (Å²) in [4.78, 5) is 29.9. The standard InChI is InChI=1S/C26H33N3O3/c1-4-22-17-29(23-15-18(2)9-10-24(23)32-22)26(31)28-13-11-20(12-14-28)25(30)27-16-21-8-6-5-7-19(21)3/h5-10,15,20,22H,4,11-14,16-17H2,1-3H3,(H,27,30). The Labute approximate surface area is 190 Å². The molecule has 2 aliphatic heterocycles. The van der Waals surface area contributed by atoms with Crippen LogP contribution in [-0.4, -0.2) is 42.6 Å². The summed E-state index contributed by atoms with van der Waals surface area (Å²) in [6.07, 6.45) is 2.22. The first-order valence-corrected chi connectivity index (χ1v) is 11.6. The number of piperidine rings is 1. The summed E-state index contributed by atoms with van der Waals surface area (Å²) in [6, 6.07) is 14.1. The predicted octanol–water partition coefficient (Wildman–Crippen LogP) is 4.43. The lowest BCUT2D eigenvalue weighted by Gasteiger charge is -2.39. The Morgan fingerprint density at radius 1 is 1.09 bits per heavy atom. The van der Waals surface area contributed by atoms with E-state index in [9.17, 15) is 9.59 Å². The molecule has 0 spiro atoms. The fourth-order valence-electron chi connectivity index (χ4n) is 4.49. The normalized spacial score (nSPS) is 18.7. The van der Waals surface area contributed by atoms with Crippen LogP contribution in [0.15, 0.2) is 42.5 Å². The van der Waals surface area contributed by atoms with Gasteiger partial charge < -0.3 is 15.0 Å². The minimum absolute atomic E-state index is 0.00100. The van der Waals surface area contributed by atoms with Gasteiger partial charge in [-0.05, 0) is 61.9 Å². The van der Waals surface area contributed by atoms with E-state index in [0.717, 1.165) is 29.0 Å². The second-order valence-corrected chi connectivity index (χ2v) is 8.92. The van der Waals surface area contributed by atoms with Crippen molar-refractivity contribution in [2.45, 2.75) is 52.7 Å². The van der Waals surface area contributed by atoms with Gasteiger partial charge in [0.2, 0.25) is 5.91 Å². The smallest absolute Gasteiger partial charge is 0.324 e. The molecule has 0 bridgehead atoms. The molecule has 1 unspecified atom stereocenters. The lowest BCUT2D eigenvalue weighted by atomic mass is 9.95. The zero-order valence-electron chi connectivity index (χ0n) is 19.3. The average molecular weight is 436 g/mol. The van der Waals surface area contributed by atoms with Crippen LogP contribution in [0.4, 0.5) is 10.5 Å². The van der Waals surface area contributed by atoms with Crippen LogP contribution in [0.2, 0.25) is 0 Å². The molecule has 6 heteroatoms. The Morgan fingerprint density at radius 3 is 2.56 bits per heavy atom. The molecule has 2 heterocycles. The van der Waals surface area contributed by atoms with Gasteiger partial charge in [0.1, 0.15) is 11.9 Å². The van der Waals surface area contributed by atoms with Crippen molar-refractivity contribution in [1.82, 2.24) is 10.2 Å². The van der Waals surface area contributed by atoms with Gasteiger partial charge in [0.15, 0.2) is 0 Å². The molecule has 4 rings (SSSR count). The molecule has 6 nitrogen and oxygen atoms in total. The number of nitrogens with one attached hydrogen (secondary N) is 1. The minimum atomic E-state index is -0.0503. The number of nitrogens with zero attached hydrogens (tertiary/aromatic N) is 2. The molecule has 3 amide bonds. The number of hydrogen-bond donors (Lipinski definition) is 1. The van der Waals surface area contributed by atoms with Crippen molar-refractivity contribution in [3.05, 3.63) is 59.2 Å². The van der Waals surface area contributed by atoms with Gasteiger partial charge >= 0.3 is 6.03 Å². The van der Waals surface area contributed by atoms with Crippen LogP contribution in [0, 0.1) is 19.8 Å². The quantitative estimate of drug-likeness (QED) is 0.773. The minimum Gasteiger partial charge on any atom is -0.486 e. The lowest BCUT2D eigenvalue weighted by Crippen LogP contribution is -2.52. The Morgan fingerprint density at radius 2 is 1.84 bits per heavy atom. The van der Waals surface area contributed by atoms with Crippen LogP contribution >= 0.6 is 0 Å². The van der Waals surface area contributed by atoms with Crippen molar-refractivity contribution in [3.8, 4) is 5.75 Å². The van der Waals surface area contributed by atoms with E-state index in [0.29, 0.717) is 39.0 Å². The second kappa shape index (κ2) is 9.63. The summed E-state index contributed by atoms with van der Waals surface area (Å²) in [5, 5.41) is 3.08. The Hall–Kier alpha value is -3.02.